The Kier molecular flexibility index (Phi) is 6.42. The molecule has 1 aliphatic rings. The summed E-state index contributed by atoms with van der Waals surface area (Å²) in [6, 6.07) is 5.79. The molecular weight excluding hydrogens is 324 g/mol. The summed E-state index contributed by atoms with van der Waals surface area (Å²) in [4.78, 5) is 2.78. The number of nitrogens with zero attached hydrogens (tertiary/aromatic N) is 2. The zero-order chi connectivity index (χ0) is 17.9. The number of sulfonamides is 1. The predicted octanol–water partition coefficient (Wildman–Crippen LogP) is 2.42. The van der Waals surface area contributed by atoms with Crippen LogP contribution in [0.3, 0.4) is 0 Å². The normalized spacial score (nSPS) is 23.5. The summed E-state index contributed by atoms with van der Waals surface area (Å²) in [5.41, 5.74) is 2.12. The van der Waals surface area contributed by atoms with Gasteiger partial charge in [-0.2, -0.15) is 4.31 Å². The molecule has 1 aromatic rings. The number of benzene rings is 1. The SMILES string of the molecule is COCCCN1C(C)CN(S(=O)(=O)c2ccc(C)c(C)c2)CC1C. The molecule has 0 amide bonds. The van der Waals surface area contributed by atoms with Crippen LogP contribution in [0.1, 0.15) is 31.4 Å². The second-order valence-corrected chi connectivity index (χ2v) is 8.79. The van der Waals surface area contributed by atoms with Gasteiger partial charge in [-0.3, -0.25) is 4.90 Å². The first-order valence-corrected chi connectivity index (χ1v) is 10.0. The van der Waals surface area contributed by atoms with E-state index in [9.17, 15) is 8.42 Å². The van der Waals surface area contributed by atoms with Crippen molar-refractivity contribution in [1.82, 2.24) is 9.21 Å². The molecule has 1 aromatic carbocycles. The number of ether oxygens (including phenoxy) is 1. The fourth-order valence-corrected chi connectivity index (χ4v) is 5.05. The monoisotopic (exact) mass is 354 g/mol. The maximum atomic E-state index is 13.0. The third-order valence-electron chi connectivity index (χ3n) is 4.95. The van der Waals surface area contributed by atoms with Crippen molar-refractivity contribution in [2.45, 2.75) is 51.1 Å². The van der Waals surface area contributed by atoms with Crippen molar-refractivity contribution in [1.29, 1.82) is 0 Å². The van der Waals surface area contributed by atoms with Crippen LogP contribution in [0.15, 0.2) is 23.1 Å². The molecule has 136 valence electrons. The molecule has 0 aliphatic carbocycles. The average Bonchev–Trinajstić information content (AvgIpc) is 2.52. The Bertz CT molecular complexity index is 648. The number of hydrogen-bond acceptors (Lipinski definition) is 4. The van der Waals surface area contributed by atoms with Crippen molar-refractivity contribution in [3.8, 4) is 0 Å². The first-order valence-electron chi connectivity index (χ1n) is 8.59. The first kappa shape index (κ1) is 19.4. The lowest BCUT2D eigenvalue weighted by molar-refractivity contribution is 0.0666. The average molecular weight is 355 g/mol. The molecule has 2 rings (SSSR count). The van der Waals surface area contributed by atoms with E-state index >= 15 is 0 Å². The summed E-state index contributed by atoms with van der Waals surface area (Å²) in [6.45, 7) is 10.9. The number of methoxy groups -OCH3 is 1. The standard InChI is InChI=1S/C18H30N2O3S/c1-14-7-8-18(11-15(14)2)24(21,22)19-12-16(3)20(17(4)13-19)9-6-10-23-5/h7-8,11,16-17H,6,9-10,12-13H2,1-5H3. The zero-order valence-corrected chi connectivity index (χ0v) is 16.3. The lowest BCUT2D eigenvalue weighted by Crippen LogP contribution is -2.58. The van der Waals surface area contributed by atoms with E-state index in [2.05, 4.69) is 18.7 Å². The maximum Gasteiger partial charge on any atom is 0.243 e. The Morgan fingerprint density at radius 1 is 1.12 bits per heavy atom. The van der Waals surface area contributed by atoms with Gasteiger partial charge in [-0.15, -0.1) is 0 Å². The minimum absolute atomic E-state index is 0.201. The summed E-state index contributed by atoms with van der Waals surface area (Å²) in [7, 11) is -1.72. The van der Waals surface area contributed by atoms with Crippen LogP contribution in [0.5, 0.6) is 0 Å². The second-order valence-electron chi connectivity index (χ2n) is 6.85. The van der Waals surface area contributed by atoms with Crippen molar-refractivity contribution in [3.63, 3.8) is 0 Å². The fourth-order valence-electron chi connectivity index (χ4n) is 3.36. The van der Waals surface area contributed by atoms with Gasteiger partial charge in [0.1, 0.15) is 0 Å². The third-order valence-corrected chi connectivity index (χ3v) is 6.78. The van der Waals surface area contributed by atoms with Crippen LogP contribution in [0, 0.1) is 13.8 Å². The van der Waals surface area contributed by atoms with Gasteiger partial charge in [0.15, 0.2) is 0 Å². The molecule has 0 N–H and O–H groups in total. The van der Waals surface area contributed by atoms with Gasteiger partial charge < -0.3 is 4.74 Å². The van der Waals surface area contributed by atoms with Crippen molar-refractivity contribution in [2.75, 3.05) is 33.4 Å². The molecule has 1 aliphatic heterocycles. The van der Waals surface area contributed by atoms with E-state index in [1.807, 2.05) is 19.9 Å². The van der Waals surface area contributed by atoms with Gasteiger partial charge in [-0.1, -0.05) is 6.07 Å². The molecule has 1 saturated heterocycles. The Labute approximate surface area is 146 Å². The predicted molar refractivity (Wildman–Crippen MR) is 96.8 cm³/mol. The number of rotatable bonds is 6. The van der Waals surface area contributed by atoms with Crippen molar-refractivity contribution in [2.24, 2.45) is 0 Å². The highest BCUT2D eigenvalue weighted by molar-refractivity contribution is 7.89. The Morgan fingerprint density at radius 3 is 2.29 bits per heavy atom. The fraction of sp³-hybridized carbons (Fsp3) is 0.667. The Morgan fingerprint density at radius 2 is 1.75 bits per heavy atom. The van der Waals surface area contributed by atoms with Crippen LogP contribution in [-0.4, -0.2) is 63.1 Å². The summed E-state index contributed by atoms with van der Waals surface area (Å²) < 4.78 is 32.8. The number of aryl methyl sites for hydroxylation is 2. The van der Waals surface area contributed by atoms with Crippen molar-refractivity contribution in [3.05, 3.63) is 29.3 Å². The maximum absolute atomic E-state index is 13.0. The molecule has 0 radical (unpaired) electrons. The molecule has 0 saturated carbocycles. The largest absolute Gasteiger partial charge is 0.385 e. The van der Waals surface area contributed by atoms with Crippen LogP contribution in [0.4, 0.5) is 0 Å². The van der Waals surface area contributed by atoms with Gasteiger partial charge >= 0.3 is 0 Å². The molecule has 6 heteroatoms. The van der Waals surface area contributed by atoms with Crippen LogP contribution < -0.4 is 0 Å². The van der Waals surface area contributed by atoms with Crippen LogP contribution >= 0.6 is 0 Å². The number of piperazine rings is 1. The van der Waals surface area contributed by atoms with E-state index in [0.717, 1.165) is 30.7 Å². The van der Waals surface area contributed by atoms with Crippen LogP contribution in [0.2, 0.25) is 0 Å². The van der Waals surface area contributed by atoms with Gasteiger partial charge in [0.05, 0.1) is 4.90 Å². The van der Waals surface area contributed by atoms with E-state index in [-0.39, 0.29) is 12.1 Å². The third kappa shape index (κ3) is 4.17. The smallest absolute Gasteiger partial charge is 0.243 e. The summed E-state index contributed by atoms with van der Waals surface area (Å²) >= 11 is 0. The van der Waals surface area contributed by atoms with Gasteiger partial charge in [0.2, 0.25) is 10.0 Å². The van der Waals surface area contributed by atoms with E-state index in [1.54, 1.807) is 23.5 Å². The van der Waals surface area contributed by atoms with Gasteiger partial charge in [0, 0.05) is 45.4 Å². The van der Waals surface area contributed by atoms with Crippen molar-refractivity contribution < 1.29 is 13.2 Å². The molecular formula is C18H30N2O3S. The van der Waals surface area contributed by atoms with Gasteiger partial charge in [-0.05, 0) is 57.4 Å². The van der Waals surface area contributed by atoms with Crippen molar-refractivity contribution >= 4 is 10.0 Å². The van der Waals surface area contributed by atoms with E-state index in [4.69, 9.17) is 4.74 Å². The molecule has 2 atom stereocenters. The van der Waals surface area contributed by atoms with E-state index < -0.39 is 10.0 Å². The highest BCUT2D eigenvalue weighted by Crippen LogP contribution is 2.24. The minimum atomic E-state index is -3.43. The molecule has 2 unspecified atom stereocenters. The van der Waals surface area contributed by atoms with Crippen LogP contribution in [0.25, 0.3) is 0 Å². The van der Waals surface area contributed by atoms with Crippen LogP contribution in [-0.2, 0) is 14.8 Å². The molecule has 5 nitrogen and oxygen atoms in total. The lowest BCUT2D eigenvalue weighted by atomic mass is 10.1. The summed E-state index contributed by atoms with van der Waals surface area (Å²) in [5, 5.41) is 0. The highest BCUT2D eigenvalue weighted by Gasteiger charge is 2.35. The quantitative estimate of drug-likeness (QED) is 0.736. The molecule has 0 bridgehead atoms. The lowest BCUT2D eigenvalue weighted by Gasteiger charge is -2.43. The Hall–Kier alpha value is -0.950. The molecule has 24 heavy (non-hydrogen) atoms. The summed E-state index contributed by atoms with van der Waals surface area (Å²) in [6.07, 6.45) is 0.967. The topological polar surface area (TPSA) is 49.9 Å². The molecule has 1 heterocycles. The number of hydrogen-bond donors (Lipinski definition) is 0. The van der Waals surface area contributed by atoms with E-state index in [1.165, 1.54) is 0 Å². The van der Waals surface area contributed by atoms with Gasteiger partial charge in [0.25, 0.3) is 0 Å². The summed E-state index contributed by atoms with van der Waals surface area (Å²) in [5.74, 6) is 0. The first-order chi connectivity index (χ1) is 11.3. The van der Waals surface area contributed by atoms with E-state index in [0.29, 0.717) is 18.0 Å². The Balaban J connectivity index is 2.14. The zero-order valence-electron chi connectivity index (χ0n) is 15.4. The minimum Gasteiger partial charge on any atom is -0.385 e. The van der Waals surface area contributed by atoms with Gasteiger partial charge in [-0.25, -0.2) is 8.42 Å². The highest BCUT2D eigenvalue weighted by atomic mass is 32.2. The molecule has 1 fully saturated rings. The molecule has 0 aromatic heterocycles. The second kappa shape index (κ2) is 7.95. The molecule has 0 spiro atoms.